The van der Waals surface area contributed by atoms with E-state index in [1.165, 1.54) is 11.3 Å². The Kier molecular flexibility index (Phi) is 5.28. The Morgan fingerprint density at radius 2 is 2.17 bits per heavy atom. The molecule has 0 bridgehead atoms. The summed E-state index contributed by atoms with van der Waals surface area (Å²) in [6, 6.07) is 6.41. The van der Waals surface area contributed by atoms with Gasteiger partial charge in [-0.25, -0.2) is 0 Å². The number of ketones is 1. The molecule has 0 aliphatic carbocycles. The molecule has 1 aromatic carbocycles. The molecule has 156 valence electrons. The van der Waals surface area contributed by atoms with Crippen LogP contribution in [0.5, 0.6) is 5.75 Å². The number of carbonyl (C=O) groups is 1. The van der Waals surface area contributed by atoms with Crippen LogP contribution in [-0.2, 0) is 14.9 Å². The number of aliphatic imine (C=N–C) groups is 1. The summed E-state index contributed by atoms with van der Waals surface area (Å²) in [7, 11) is 3.37. The molecule has 5 nitrogen and oxygen atoms in total. The average Bonchev–Trinajstić information content (AvgIpc) is 3.04. The molecule has 0 radical (unpaired) electrons. The number of nitrogens with zero attached hydrogens (tertiary/aromatic N) is 2. The number of allylic oxidation sites excluding steroid dienone is 1. The van der Waals surface area contributed by atoms with Gasteiger partial charge in [-0.1, -0.05) is 19.4 Å². The molecule has 0 amide bonds. The van der Waals surface area contributed by atoms with Gasteiger partial charge in [0.25, 0.3) is 0 Å². The van der Waals surface area contributed by atoms with Crippen molar-refractivity contribution >= 4 is 17.2 Å². The zero-order chi connectivity index (χ0) is 20.8. The van der Waals surface area contributed by atoms with Crippen molar-refractivity contribution in [2.75, 3.05) is 27.3 Å². The van der Waals surface area contributed by atoms with Gasteiger partial charge in [0.15, 0.2) is 5.78 Å². The van der Waals surface area contributed by atoms with Crippen LogP contribution in [0.25, 0.3) is 0 Å². The normalized spacial score (nSPS) is 31.4. The Labute approximate surface area is 173 Å². The molecule has 2 fully saturated rings. The molecule has 1 aromatic rings. The standard InChI is InChI=1S/C24H32N2O3/c1-6-16-13-26-11-10-24(3)22-19(8-7-9-21(22)29-5)25-23(24)20(26)12-17(16)18(14-28-4)15(2)27/h7-9,14,16-17,20H,6,10-13H2,1-5H3/b18-14-/t16-,17+,20+,24-/m1/s1. The number of rotatable bonds is 5. The van der Waals surface area contributed by atoms with Crippen molar-refractivity contribution < 1.29 is 14.3 Å². The lowest BCUT2D eigenvalue weighted by Gasteiger charge is -2.51. The maximum absolute atomic E-state index is 12.4. The molecule has 5 heteroatoms. The highest BCUT2D eigenvalue weighted by Gasteiger charge is 2.52. The lowest BCUT2D eigenvalue weighted by atomic mass is 9.66. The molecule has 0 spiro atoms. The van der Waals surface area contributed by atoms with Crippen molar-refractivity contribution in [3.8, 4) is 5.75 Å². The molecule has 0 saturated carbocycles. The Hall–Kier alpha value is -2.14. The molecule has 0 aromatic heterocycles. The Bertz CT molecular complexity index is 875. The van der Waals surface area contributed by atoms with E-state index < -0.39 is 0 Å². The van der Waals surface area contributed by atoms with Gasteiger partial charge in [0.05, 0.1) is 26.2 Å². The minimum Gasteiger partial charge on any atom is -0.504 e. The van der Waals surface area contributed by atoms with Crippen molar-refractivity contribution in [1.29, 1.82) is 0 Å². The summed E-state index contributed by atoms with van der Waals surface area (Å²) < 4.78 is 11.0. The Balaban J connectivity index is 1.73. The van der Waals surface area contributed by atoms with Gasteiger partial charge in [-0.15, -0.1) is 0 Å². The van der Waals surface area contributed by atoms with Gasteiger partial charge < -0.3 is 9.47 Å². The summed E-state index contributed by atoms with van der Waals surface area (Å²) in [5, 5.41) is 0. The van der Waals surface area contributed by atoms with Gasteiger partial charge in [-0.2, -0.15) is 0 Å². The number of carbonyl (C=O) groups excluding carboxylic acids is 1. The van der Waals surface area contributed by atoms with Crippen LogP contribution in [0.15, 0.2) is 35.0 Å². The van der Waals surface area contributed by atoms with E-state index in [-0.39, 0.29) is 23.2 Å². The van der Waals surface area contributed by atoms with Crippen LogP contribution in [0, 0.1) is 11.8 Å². The highest BCUT2D eigenvalue weighted by molar-refractivity contribution is 6.06. The molecule has 4 rings (SSSR count). The average molecular weight is 397 g/mol. The molecule has 2 saturated heterocycles. The van der Waals surface area contributed by atoms with Gasteiger partial charge in [0, 0.05) is 41.4 Å². The molecule has 3 aliphatic heterocycles. The molecule has 3 heterocycles. The van der Waals surface area contributed by atoms with Gasteiger partial charge in [-0.3, -0.25) is 14.7 Å². The largest absolute Gasteiger partial charge is 0.504 e. The van der Waals surface area contributed by atoms with E-state index in [4.69, 9.17) is 14.5 Å². The van der Waals surface area contributed by atoms with E-state index in [2.05, 4.69) is 24.8 Å². The first kappa shape index (κ1) is 20.1. The van der Waals surface area contributed by atoms with E-state index in [1.807, 2.05) is 12.1 Å². The number of benzene rings is 1. The summed E-state index contributed by atoms with van der Waals surface area (Å²) in [5.41, 5.74) is 4.22. The third-order valence-electron chi connectivity index (χ3n) is 7.33. The van der Waals surface area contributed by atoms with E-state index in [9.17, 15) is 4.79 Å². The number of hydrogen-bond acceptors (Lipinski definition) is 5. The SMILES string of the molecule is CC[C@@H]1CN2CC[C@@]3(C)C(=Nc4cccc(OC)c43)[C@@H]2C[C@@H]1/C(=C\OC)C(C)=O. The number of hydrogen-bond donors (Lipinski definition) is 0. The lowest BCUT2D eigenvalue weighted by molar-refractivity contribution is -0.114. The molecule has 0 unspecified atom stereocenters. The first-order chi connectivity index (χ1) is 13.9. The van der Waals surface area contributed by atoms with Crippen molar-refractivity contribution in [1.82, 2.24) is 4.90 Å². The number of methoxy groups -OCH3 is 2. The zero-order valence-corrected chi connectivity index (χ0v) is 18.2. The predicted octanol–water partition coefficient (Wildman–Crippen LogP) is 4.28. The van der Waals surface area contributed by atoms with Crippen LogP contribution >= 0.6 is 0 Å². The molecule has 4 atom stereocenters. The number of piperidine rings is 2. The van der Waals surface area contributed by atoms with Crippen LogP contribution in [0.1, 0.15) is 45.6 Å². The first-order valence-corrected chi connectivity index (χ1v) is 10.7. The fraction of sp³-hybridized carbons (Fsp3) is 0.583. The summed E-state index contributed by atoms with van der Waals surface area (Å²) >= 11 is 0. The minimum absolute atomic E-state index is 0.103. The van der Waals surface area contributed by atoms with Crippen molar-refractivity contribution in [3.63, 3.8) is 0 Å². The van der Waals surface area contributed by atoms with Crippen LogP contribution in [0.4, 0.5) is 5.69 Å². The van der Waals surface area contributed by atoms with Crippen molar-refractivity contribution in [2.24, 2.45) is 16.8 Å². The predicted molar refractivity (Wildman–Crippen MR) is 115 cm³/mol. The smallest absolute Gasteiger partial charge is 0.159 e. The molecular formula is C24H32N2O3. The van der Waals surface area contributed by atoms with Gasteiger partial charge in [-0.05, 0) is 50.7 Å². The third kappa shape index (κ3) is 3.10. The fourth-order valence-electron chi connectivity index (χ4n) is 5.80. The maximum atomic E-state index is 12.4. The van der Waals surface area contributed by atoms with Crippen LogP contribution in [0.3, 0.4) is 0 Å². The topological polar surface area (TPSA) is 51.1 Å². The minimum atomic E-state index is -0.103. The van der Waals surface area contributed by atoms with E-state index in [0.717, 1.165) is 49.4 Å². The van der Waals surface area contributed by atoms with E-state index in [0.29, 0.717) is 5.92 Å². The van der Waals surface area contributed by atoms with Crippen LogP contribution < -0.4 is 4.74 Å². The molecule has 3 aliphatic rings. The zero-order valence-electron chi connectivity index (χ0n) is 18.2. The second-order valence-electron chi connectivity index (χ2n) is 8.82. The van der Waals surface area contributed by atoms with Crippen LogP contribution in [-0.4, -0.2) is 49.7 Å². The fourth-order valence-corrected chi connectivity index (χ4v) is 5.80. The highest BCUT2D eigenvalue weighted by atomic mass is 16.5. The monoisotopic (exact) mass is 396 g/mol. The Morgan fingerprint density at radius 1 is 1.38 bits per heavy atom. The summed E-state index contributed by atoms with van der Waals surface area (Å²) in [5.74, 6) is 1.70. The third-order valence-corrected chi connectivity index (χ3v) is 7.33. The summed E-state index contributed by atoms with van der Waals surface area (Å²) in [6.07, 6.45) is 4.68. The summed E-state index contributed by atoms with van der Waals surface area (Å²) in [4.78, 5) is 20.1. The first-order valence-electron chi connectivity index (χ1n) is 10.7. The molecule has 29 heavy (non-hydrogen) atoms. The number of fused-ring (bicyclic) bond motifs is 5. The van der Waals surface area contributed by atoms with E-state index >= 15 is 0 Å². The van der Waals surface area contributed by atoms with Gasteiger partial charge in [0.2, 0.25) is 0 Å². The molecule has 0 N–H and O–H groups in total. The second kappa shape index (κ2) is 7.60. The Morgan fingerprint density at radius 3 is 2.83 bits per heavy atom. The van der Waals surface area contributed by atoms with Crippen molar-refractivity contribution in [3.05, 3.63) is 35.6 Å². The maximum Gasteiger partial charge on any atom is 0.159 e. The van der Waals surface area contributed by atoms with Crippen LogP contribution in [0.2, 0.25) is 0 Å². The van der Waals surface area contributed by atoms with E-state index in [1.54, 1.807) is 27.4 Å². The lowest BCUT2D eigenvalue weighted by Crippen LogP contribution is -2.59. The van der Waals surface area contributed by atoms with Gasteiger partial charge >= 0.3 is 0 Å². The molecular weight excluding hydrogens is 364 g/mol. The highest BCUT2D eigenvalue weighted by Crippen LogP contribution is 2.52. The second-order valence-corrected chi connectivity index (χ2v) is 8.82. The quantitative estimate of drug-likeness (QED) is 0.551. The number of Topliss-reactive ketones (excluding diaryl/α,β-unsaturated/α-hetero) is 1. The summed E-state index contributed by atoms with van der Waals surface area (Å²) in [6.45, 7) is 8.25. The number of ether oxygens (including phenoxy) is 2. The van der Waals surface area contributed by atoms with Crippen molar-refractivity contribution in [2.45, 2.75) is 51.5 Å². The van der Waals surface area contributed by atoms with Gasteiger partial charge in [0.1, 0.15) is 5.75 Å².